The molecule has 2 aliphatic rings. The fraction of sp³-hybridized carbons (Fsp3) is 1.00. The molecule has 26 heavy (non-hydrogen) atoms. The third-order valence-corrected chi connectivity index (χ3v) is 5.19. The van der Waals surface area contributed by atoms with Crippen molar-refractivity contribution in [2.24, 2.45) is 5.92 Å². The van der Waals surface area contributed by atoms with E-state index < -0.39 is 5.60 Å². The highest BCUT2D eigenvalue weighted by Crippen LogP contribution is 2.26. The second-order valence-corrected chi connectivity index (χ2v) is 7.41. The first kappa shape index (κ1) is 28.1. The van der Waals surface area contributed by atoms with Crippen LogP contribution < -0.4 is 0 Å². The summed E-state index contributed by atoms with van der Waals surface area (Å²) >= 11 is 0. The van der Waals surface area contributed by atoms with Gasteiger partial charge in [0.1, 0.15) is 0 Å². The monoisotopic (exact) mass is 374 g/mol. The lowest BCUT2D eigenvalue weighted by Crippen LogP contribution is -2.44. The van der Waals surface area contributed by atoms with Crippen molar-refractivity contribution in [3.63, 3.8) is 0 Å². The zero-order valence-electron chi connectivity index (χ0n) is 19.2. The number of aliphatic hydroxyl groups excluding tert-OH is 1. The van der Waals surface area contributed by atoms with Crippen molar-refractivity contribution in [3.8, 4) is 0 Å². The minimum Gasteiger partial charge on any atom is -0.393 e. The van der Waals surface area contributed by atoms with Gasteiger partial charge in [0.25, 0.3) is 0 Å². The van der Waals surface area contributed by atoms with Gasteiger partial charge in [-0.05, 0) is 78.0 Å². The quantitative estimate of drug-likeness (QED) is 0.769. The second-order valence-electron chi connectivity index (χ2n) is 7.41. The first-order chi connectivity index (χ1) is 12.4. The van der Waals surface area contributed by atoms with E-state index in [1.54, 1.807) is 0 Å². The normalized spacial score (nSPS) is 24.7. The average Bonchev–Trinajstić information content (AvgIpc) is 2.89. The van der Waals surface area contributed by atoms with E-state index in [2.05, 4.69) is 23.6 Å². The molecule has 0 aromatic carbocycles. The summed E-state index contributed by atoms with van der Waals surface area (Å²) in [7, 11) is 0. The topological polar surface area (TPSA) is 46.9 Å². The lowest BCUT2D eigenvalue weighted by molar-refractivity contribution is -0.0171. The molecule has 0 aromatic rings. The van der Waals surface area contributed by atoms with Gasteiger partial charge in [0.2, 0.25) is 0 Å². The lowest BCUT2D eigenvalue weighted by Gasteiger charge is -2.38. The Labute approximate surface area is 165 Å². The molecule has 2 aliphatic heterocycles. The molecule has 2 N–H and O–H groups in total. The molecule has 2 heterocycles. The standard InChI is InChI=1S/C10H21NO.C8H17NO.2C2H6/c1-4-11-7-5-6-9(8-11)10(2,3)12;1-2-9-6-3-4-8(10)5-7-9;2*1-2/h9,12H,4-8H2,1-3H3;8,10H,2-7H2,1H3;2*1-2H3. The molecular formula is C22H50N2O2. The van der Waals surface area contributed by atoms with Crippen LogP contribution in [0.2, 0.25) is 0 Å². The predicted octanol–water partition coefficient (Wildman–Crippen LogP) is 4.39. The Morgan fingerprint density at radius 3 is 1.81 bits per heavy atom. The summed E-state index contributed by atoms with van der Waals surface area (Å²) in [4.78, 5) is 4.82. The number of piperidine rings is 1. The van der Waals surface area contributed by atoms with Gasteiger partial charge in [-0.3, -0.25) is 0 Å². The van der Waals surface area contributed by atoms with Gasteiger partial charge in [-0.1, -0.05) is 41.5 Å². The van der Waals surface area contributed by atoms with E-state index in [0.717, 1.165) is 45.4 Å². The Balaban J connectivity index is 0. The summed E-state index contributed by atoms with van der Waals surface area (Å²) < 4.78 is 0. The van der Waals surface area contributed by atoms with E-state index in [-0.39, 0.29) is 6.10 Å². The fourth-order valence-electron chi connectivity index (χ4n) is 3.37. The van der Waals surface area contributed by atoms with Gasteiger partial charge in [-0.25, -0.2) is 0 Å². The van der Waals surface area contributed by atoms with Gasteiger partial charge >= 0.3 is 0 Å². The first-order valence-corrected chi connectivity index (χ1v) is 11.2. The molecule has 0 radical (unpaired) electrons. The summed E-state index contributed by atoms with van der Waals surface area (Å²) in [6, 6.07) is 0. The summed E-state index contributed by atoms with van der Waals surface area (Å²) in [5.74, 6) is 0.464. The van der Waals surface area contributed by atoms with Crippen molar-refractivity contribution in [2.75, 3.05) is 39.3 Å². The lowest BCUT2D eigenvalue weighted by atomic mass is 9.84. The second kappa shape index (κ2) is 17.0. The third kappa shape index (κ3) is 13.1. The highest BCUT2D eigenvalue weighted by molar-refractivity contribution is 4.83. The maximum atomic E-state index is 9.83. The molecule has 0 aromatic heterocycles. The molecular weight excluding hydrogens is 324 g/mol. The van der Waals surface area contributed by atoms with E-state index in [1.165, 1.54) is 25.9 Å². The van der Waals surface area contributed by atoms with Crippen molar-refractivity contribution in [2.45, 2.75) is 99.2 Å². The smallest absolute Gasteiger partial charge is 0.0632 e. The predicted molar refractivity (Wildman–Crippen MR) is 116 cm³/mol. The summed E-state index contributed by atoms with van der Waals surface area (Å²) in [5.41, 5.74) is -0.492. The number of hydrogen-bond acceptors (Lipinski definition) is 4. The Morgan fingerprint density at radius 2 is 1.31 bits per heavy atom. The van der Waals surface area contributed by atoms with Crippen LogP contribution in [-0.4, -0.2) is 71.0 Å². The van der Waals surface area contributed by atoms with E-state index in [1.807, 2.05) is 41.5 Å². The summed E-state index contributed by atoms with van der Waals surface area (Å²) in [6.45, 7) is 23.0. The largest absolute Gasteiger partial charge is 0.393 e. The molecule has 0 spiro atoms. The van der Waals surface area contributed by atoms with Crippen LogP contribution >= 0.6 is 0 Å². The third-order valence-electron chi connectivity index (χ3n) is 5.19. The minimum atomic E-state index is -0.492. The van der Waals surface area contributed by atoms with Crippen LogP contribution in [0.4, 0.5) is 0 Å². The fourth-order valence-corrected chi connectivity index (χ4v) is 3.37. The van der Waals surface area contributed by atoms with E-state index in [0.29, 0.717) is 5.92 Å². The van der Waals surface area contributed by atoms with Gasteiger partial charge in [-0.2, -0.15) is 0 Å². The number of aliphatic hydroxyl groups is 2. The maximum absolute atomic E-state index is 9.83. The van der Waals surface area contributed by atoms with E-state index in [9.17, 15) is 10.2 Å². The molecule has 0 amide bonds. The Morgan fingerprint density at radius 1 is 0.808 bits per heavy atom. The minimum absolute atomic E-state index is 0.0310. The molecule has 2 saturated heterocycles. The highest BCUT2D eigenvalue weighted by Gasteiger charge is 2.30. The van der Waals surface area contributed by atoms with Crippen molar-refractivity contribution >= 4 is 0 Å². The Kier molecular flexibility index (Phi) is 18.3. The average molecular weight is 375 g/mol. The van der Waals surface area contributed by atoms with Crippen LogP contribution in [-0.2, 0) is 0 Å². The van der Waals surface area contributed by atoms with Gasteiger partial charge in [0.15, 0.2) is 0 Å². The summed E-state index contributed by atoms with van der Waals surface area (Å²) in [6.07, 6.45) is 5.51. The number of nitrogens with zero attached hydrogens (tertiary/aromatic N) is 2. The van der Waals surface area contributed by atoms with Gasteiger partial charge in [-0.15, -0.1) is 0 Å². The Hall–Kier alpha value is -0.160. The van der Waals surface area contributed by atoms with Gasteiger partial charge in [0.05, 0.1) is 11.7 Å². The van der Waals surface area contributed by atoms with Crippen LogP contribution in [0.3, 0.4) is 0 Å². The zero-order chi connectivity index (χ0) is 20.6. The molecule has 4 heteroatoms. The molecule has 2 rings (SSSR count). The first-order valence-electron chi connectivity index (χ1n) is 11.2. The molecule has 0 bridgehead atoms. The van der Waals surface area contributed by atoms with Crippen molar-refractivity contribution < 1.29 is 10.2 Å². The molecule has 2 fully saturated rings. The van der Waals surface area contributed by atoms with Crippen molar-refractivity contribution in [1.82, 2.24) is 9.80 Å². The van der Waals surface area contributed by atoms with Crippen LogP contribution in [0, 0.1) is 5.92 Å². The van der Waals surface area contributed by atoms with Crippen LogP contribution in [0.1, 0.15) is 87.5 Å². The van der Waals surface area contributed by atoms with Crippen molar-refractivity contribution in [1.29, 1.82) is 0 Å². The Bertz CT molecular complexity index is 292. The van der Waals surface area contributed by atoms with Crippen molar-refractivity contribution in [3.05, 3.63) is 0 Å². The van der Waals surface area contributed by atoms with Crippen LogP contribution in [0.5, 0.6) is 0 Å². The van der Waals surface area contributed by atoms with Crippen LogP contribution in [0.25, 0.3) is 0 Å². The SMILES string of the molecule is CC.CC.CCN1CCCC(C(C)(C)O)C1.CCN1CCCC(O)CC1. The maximum Gasteiger partial charge on any atom is 0.0632 e. The molecule has 2 atom stereocenters. The molecule has 160 valence electrons. The van der Waals surface area contributed by atoms with Gasteiger partial charge < -0.3 is 20.0 Å². The van der Waals surface area contributed by atoms with E-state index >= 15 is 0 Å². The zero-order valence-corrected chi connectivity index (χ0v) is 19.2. The summed E-state index contributed by atoms with van der Waals surface area (Å²) in [5, 5.41) is 19.1. The van der Waals surface area contributed by atoms with Crippen LogP contribution in [0.15, 0.2) is 0 Å². The molecule has 0 saturated carbocycles. The number of hydrogen-bond donors (Lipinski definition) is 2. The van der Waals surface area contributed by atoms with E-state index in [4.69, 9.17) is 0 Å². The molecule has 2 unspecified atom stereocenters. The highest BCUT2D eigenvalue weighted by atomic mass is 16.3. The number of likely N-dealkylation sites (tertiary alicyclic amines) is 2. The molecule has 0 aliphatic carbocycles. The number of rotatable bonds is 3. The molecule has 4 nitrogen and oxygen atoms in total. The van der Waals surface area contributed by atoms with Gasteiger partial charge in [0, 0.05) is 13.1 Å².